The van der Waals surface area contributed by atoms with E-state index in [1.807, 2.05) is 0 Å². The van der Waals surface area contributed by atoms with Crippen molar-refractivity contribution in [3.05, 3.63) is 136 Å². The molecule has 0 saturated carbocycles. The highest BCUT2D eigenvalue weighted by Crippen LogP contribution is 2.38. The Morgan fingerprint density at radius 3 is 2.10 bits per heavy atom. The van der Waals surface area contributed by atoms with Crippen molar-refractivity contribution in [2.75, 3.05) is 10.7 Å². The molecule has 266 valence electrons. The molecular formula is C37H31F5N2O6S. The van der Waals surface area contributed by atoms with E-state index in [9.17, 15) is 49.5 Å². The fourth-order valence-electron chi connectivity index (χ4n) is 5.76. The number of urea groups is 1. The predicted molar refractivity (Wildman–Crippen MR) is 177 cm³/mol. The fourth-order valence-corrected chi connectivity index (χ4v) is 7.12. The number of rotatable bonds is 12. The van der Waals surface area contributed by atoms with Gasteiger partial charge in [0.05, 0.1) is 17.0 Å². The largest absolute Gasteiger partial charge is 0.419 e. The van der Waals surface area contributed by atoms with Crippen molar-refractivity contribution in [1.29, 1.82) is 0 Å². The van der Waals surface area contributed by atoms with Gasteiger partial charge >= 0.3 is 12.2 Å². The van der Waals surface area contributed by atoms with Crippen LogP contribution in [0.4, 0.5) is 32.4 Å². The Morgan fingerprint density at radius 2 is 1.45 bits per heavy atom. The van der Waals surface area contributed by atoms with Gasteiger partial charge in [0.15, 0.2) is 15.6 Å². The van der Waals surface area contributed by atoms with Crippen LogP contribution in [0.1, 0.15) is 52.0 Å². The molecule has 14 heteroatoms. The van der Waals surface area contributed by atoms with Crippen molar-refractivity contribution in [3.8, 4) is 0 Å². The Bertz CT molecular complexity index is 2120. The van der Waals surface area contributed by atoms with Crippen molar-refractivity contribution in [3.63, 3.8) is 0 Å². The van der Waals surface area contributed by atoms with Crippen LogP contribution < -0.4 is 4.90 Å². The summed E-state index contributed by atoms with van der Waals surface area (Å²) in [5.74, 6) is -5.09. The summed E-state index contributed by atoms with van der Waals surface area (Å²) in [6.07, 6.45) is -5.51. The Morgan fingerprint density at radius 1 is 0.784 bits per heavy atom. The van der Waals surface area contributed by atoms with E-state index in [0.717, 1.165) is 23.1 Å². The summed E-state index contributed by atoms with van der Waals surface area (Å²) in [4.78, 5) is 54.3. The Hall–Kier alpha value is -5.24. The second kappa shape index (κ2) is 14.2. The van der Waals surface area contributed by atoms with Gasteiger partial charge < -0.3 is 4.90 Å². The molecule has 0 N–H and O–H groups in total. The van der Waals surface area contributed by atoms with E-state index in [-0.39, 0.29) is 42.0 Å². The summed E-state index contributed by atoms with van der Waals surface area (Å²) in [5.41, 5.74) is -2.02. The van der Waals surface area contributed by atoms with Crippen molar-refractivity contribution < 1.29 is 49.5 Å². The first-order valence-electron chi connectivity index (χ1n) is 15.5. The second-order valence-electron chi connectivity index (χ2n) is 12.7. The number of anilines is 1. The van der Waals surface area contributed by atoms with Gasteiger partial charge in [-0.1, -0.05) is 60.7 Å². The average molecular weight is 727 g/mol. The number of nitrogens with zero attached hydrogens (tertiary/aromatic N) is 2. The van der Waals surface area contributed by atoms with Gasteiger partial charge in [-0.05, 0) is 66.4 Å². The zero-order chi connectivity index (χ0) is 37.3. The van der Waals surface area contributed by atoms with Gasteiger partial charge in [-0.2, -0.15) is 13.2 Å². The molecule has 1 saturated heterocycles. The number of sulfone groups is 1. The monoisotopic (exact) mass is 726 g/mol. The van der Waals surface area contributed by atoms with Crippen LogP contribution in [0.25, 0.3) is 0 Å². The van der Waals surface area contributed by atoms with Crippen LogP contribution >= 0.6 is 0 Å². The van der Waals surface area contributed by atoms with E-state index >= 15 is 0 Å². The fraction of sp³-hybridized carbons (Fsp3) is 0.243. The van der Waals surface area contributed by atoms with Crippen molar-refractivity contribution in [2.24, 2.45) is 0 Å². The van der Waals surface area contributed by atoms with Crippen LogP contribution in [0, 0.1) is 11.6 Å². The normalized spacial score (nSPS) is 14.6. The minimum Gasteiger partial charge on any atom is -0.305 e. The summed E-state index contributed by atoms with van der Waals surface area (Å²) in [6, 6.07) is 18.6. The zero-order valence-corrected chi connectivity index (χ0v) is 28.2. The summed E-state index contributed by atoms with van der Waals surface area (Å²) < 4.78 is 93.6. The van der Waals surface area contributed by atoms with Crippen LogP contribution in [0.3, 0.4) is 0 Å². The molecule has 4 aromatic carbocycles. The summed E-state index contributed by atoms with van der Waals surface area (Å²) in [7, 11) is -3.74. The van der Waals surface area contributed by atoms with Gasteiger partial charge in [-0.25, -0.2) is 26.9 Å². The molecule has 1 aliphatic heterocycles. The molecule has 8 nitrogen and oxygen atoms in total. The van der Waals surface area contributed by atoms with Gasteiger partial charge in [0.1, 0.15) is 28.7 Å². The second-order valence-corrected chi connectivity index (χ2v) is 14.7. The number of hydrogen-bond donors (Lipinski definition) is 0. The molecule has 1 fully saturated rings. The highest BCUT2D eigenvalue weighted by atomic mass is 32.2. The lowest BCUT2D eigenvalue weighted by molar-refractivity contribution is -0.140. The minimum atomic E-state index is -5.08. The van der Waals surface area contributed by atoms with Gasteiger partial charge in [0, 0.05) is 24.9 Å². The van der Waals surface area contributed by atoms with Crippen molar-refractivity contribution in [1.82, 2.24) is 4.90 Å². The number of ketones is 2. The van der Waals surface area contributed by atoms with Gasteiger partial charge in [0.2, 0.25) is 0 Å². The first-order valence-corrected chi connectivity index (χ1v) is 17.4. The highest BCUT2D eigenvalue weighted by molar-refractivity contribution is 7.91. The number of amides is 3. The number of carbonyl (C=O) groups excluding carboxylic acids is 4. The lowest BCUT2D eigenvalue weighted by Crippen LogP contribution is -2.43. The van der Waals surface area contributed by atoms with E-state index in [2.05, 4.69) is 0 Å². The number of halogens is 5. The van der Waals surface area contributed by atoms with E-state index in [4.69, 9.17) is 0 Å². The summed E-state index contributed by atoms with van der Waals surface area (Å²) in [5, 5.41) is 0. The maximum absolute atomic E-state index is 14.4. The van der Waals surface area contributed by atoms with Crippen LogP contribution in [0.2, 0.25) is 0 Å². The predicted octanol–water partition coefficient (Wildman–Crippen LogP) is 6.88. The number of benzene rings is 4. The maximum atomic E-state index is 14.4. The van der Waals surface area contributed by atoms with Crippen LogP contribution in [0.5, 0.6) is 0 Å². The first kappa shape index (κ1) is 37.0. The maximum Gasteiger partial charge on any atom is 0.419 e. The molecular weight excluding hydrogens is 695 g/mol. The Balaban J connectivity index is 1.28. The average Bonchev–Trinajstić information content (AvgIpc) is 3.21. The summed E-state index contributed by atoms with van der Waals surface area (Å²) >= 11 is 0. The Kier molecular flexibility index (Phi) is 10.3. The number of Topliss-reactive ketones (excluding diaryl/α,β-unsaturated/α-hetero) is 2. The highest BCUT2D eigenvalue weighted by Gasteiger charge is 2.52. The van der Waals surface area contributed by atoms with E-state index in [1.165, 1.54) is 44.2 Å². The third-order valence-corrected chi connectivity index (χ3v) is 9.95. The molecule has 0 spiro atoms. The van der Waals surface area contributed by atoms with Crippen molar-refractivity contribution in [2.45, 2.75) is 50.7 Å². The molecule has 0 bridgehead atoms. The number of alkyl halides is 3. The smallest absolute Gasteiger partial charge is 0.305 e. The quantitative estimate of drug-likeness (QED) is 0.0895. The van der Waals surface area contributed by atoms with E-state index in [1.54, 1.807) is 30.3 Å². The first-order chi connectivity index (χ1) is 23.9. The van der Waals surface area contributed by atoms with E-state index < -0.39 is 67.9 Å². The molecule has 5 rings (SSSR count). The topological polar surface area (TPSA) is 109 Å². The van der Waals surface area contributed by atoms with Crippen molar-refractivity contribution >= 4 is 39.0 Å². The molecule has 3 amide bonds. The molecule has 1 aliphatic rings. The lowest BCUT2D eigenvalue weighted by Gasteiger charge is -2.28. The van der Waals surface area contributed by atoms with E-state index in [0.29, 0.717) is 33.7 Å². The number of hydrogen-bond acceptors (Lipinski definition) is 6. The lowest BCUT2D eigenvalue weighted by atomic mass is 9.96. The molecule has 0 unspecified atom stereocenters. The molecule has 0 atom stereocenters. The zero-order valence-electron chi connectivity index (χ0n) is 27.3. The standard InChI is InChI=1S/C37H31F5N2O6S/c1-36(2)34(47)44(29-14-15-32(39)31(19-29)37(40,41)42)35(48)43(36)20-26-12-13-28(38)17-27(26)18-30(45)16-23-8-10-25(11-9-23)33(46)22-51(49,50)21-24-6-4-3-5-7-24/h3-15,17,19H,16,18,20-22H2,1-2H3. The number of imide groups is 1. The van der Waals surface area contributed by atoms with Crippen LogP contribution in [-0.4, -0.2) is 48.1 Å². The molecule has 0 radical (unpaired) electrons. The van der Waals surface area contributed by atoms with Crippen LogP contribution in [0.15, 0.2) is 91.0 Å². The minimum absolute atomic E-state index is 0.136. The van der Waals surface area contributed by atoms with Gasteiger partial charge in [-0.3, -0.25) is 14.4 Å². The van der Waals surface area contributed by atoms with Gasteiger partial charge in [0.25, 0.3) is 5.91 Å². The number of carbonyl (C=O) groups is 4. The molecule has 0 aromatic heterocycles. The molecule has 1 heterocycles. The molecule has 51 heavy (non-hydrogen) atoms. The Labute approximate surface area is 290 Å². The molecule has 0 aliphatic carbocycles. The van der Waals surface area contributed by atoms with Crippen LogP contribution in [-0.2, 0) is 50.7 Å². The van der Waals surface area contributed by atoms with Gasteiger partial charge in [-0.15, -0.1) is 0 Å². The third kappa shape index (κ3) is 8.39. The SMILES string of the molecule is CC1(C)C(=O)N(c2ccc(F)c(C(F)(F)F)c2)C(=O)N1Cc1ccc(F)cc1CC(=O)Cc1ccc(C(=O)CS(=O)(=O)Cc2ccccc2)cc1. The summed E-state index contributed by atoms with van der Waals surface area (Å²) in [6.45, 7) is 2.44. The molecule has 4 aromatic rings. The third-order valence-electron chi connectivity index (χ3n) is 8.48.